The Morgan fingerprint density at radius 2 is 1.89 bits per heavy atom. The van der Waals surface area contributed by atoms with E-state index in [0.717, 1.165) is 22.0 Å². The van der Waals surface area contributed by atoms with Crippen molar-refractivity contribution in [2.75, 3.05) is 0 Å². The van der Waals surface area contributed by atoms with Crippen LogP contribution in [0.2, 0.25) is 0 Å². The van der Waals surface area contributed by atoms with E-state index < -0.39 is 0 Å². The highest BCUT2D eigenvalue weighted by molar-refractivity contribution is 5.92. The van der Waals surface area contributed by atoms with Crippen LogP contribution < -0.4 is 0 Å². The van der Waals surface area contributed by atoms with E-state index in [-0.39, 0.29) is 0 Å². The van der Waals surface area contributed by atoms with Gasteiger partial charge in [-0.2, -0.15) is 5.10 Å². The summed E-state index contributed by atoms with van der Waals surface area (Å²) >= 11 is 0. The molecule has 2 aromatic rings. The molecule has 0 radical (unpaired) electrons. The Labute approximate surface area is 108 Å². The molecule has 0 saturated carbocycles. The molecule has 0 atom stereocenters. The van der Waals surface area contributed by atoms with E-state index in [1.807, 2.05) is 51.7 Å². The molecule has 0 unspecified atom stereocenters. The molecule has 18 heavy (non-hydrogen) atoms. The van der Waals surface area contributed by atoms with Gasteiger partial charge in [0.25, 0.3) is 0 Å². The van der Waals surface area contributed by atoms with E-state index in [1.165, 1.54) is 0 Å². The first-order chi connectivity index (χ1) is 8.84. The predicted molar refractivity (Wildman–Crippen MR) is 75.8 cm³/mol. The van der Waals surface area contributed by atoms with E-state index in [2.05, 4.69) is 16.3 Å². The van der Waals surface area contributed by atoms with Crippen molar-refractivity contribution in [3.05, 3.63) is 29.5 Å². The van der Waals surface area contributed by atoms with Crippen molar-refractivity contribution in [3.8, 4) is 0 Å². The van der Waals surface area contributed by atoms with Gasteiger partial charge in [0.05, 0.1) is 11.7 Å². The largest absolute Gasteiger partial charge is 0.391 e. The van der Waals surface area contributed by atoms with Crippen molar-refractivity contribution in [2.24, 2.45) is 12.2 Å². The van der Waals surface area contributed by atoms with Gasteiger partial charge >= 0.3 is 0 Å². The summed E-state index contributed by atoms with van der Waals surface area (Å²) in [6, 6.07) is 4.10. The van der Waals surface area contributed by atoms with Crippen LogP contribution in [-0.2, 0) is 18.5 Å². The van der Waals surface area contributed by atoms with Crippen LogP contribution in [0.1, 0.15) is 38.8 Å². The van der Waals surface area contributed by atoms with Crippen LogP contribution in [0.3, 0.4) is 0 Å². The lowest BCUT2D eigenvalue weighted by atomic mass is 10.1. The fourth-order valence-electron chi connectivity index (χ4n) is 1.75. The highest BCUT2D eigenvalue weighted by Crippen LogP contribution is 2.22. The average Bonchev–Trinajstić information content (AvgIpc) is 2.84. The van der Waals surface area contributed by atoms with Crippen LogP contribution in [0, 0.1) is 0 Å². The van der Waals surface area contributed by atoms with Gasteiger partial charge in [-0.15, -0.1) is 0 Å². The highest BCUT2D eigenvalue weighted by Gasteiger charge is 2.12. The lowest BCUT2D eigenvalue weighted by Gasteiger charge is -2.09. The van der Waals surface area contributed by atoms with Gasteiger partial charge in [-0.05, 0) is 0 Å². The number of aromatic nitrogens is 2. The molecule has 1 aliphatic heterocycles. The summed E-state index contributed by atoms with van der Waals surface area (Å²) in [6.07, 6.45) is 3.73. The maximum Gasteiger partial charge on any atom is 0.145 e. The molecule has 0 aliphatic carbocycles. The second-order valence-corrected chi connectivity index (χ2v) is 3.38. The van der Waals surface area contributed by atoms with E-state index in [1.54, 1.807) is 6.21 Å². The summed E-state index contributed by atoms with van der Waals surface area (Å²) in [6.45, 7) is 8.51. The number of hydrogen-bond donors (Lipinski definition) is 0. The number of hydrogen-bond acceptors (Lipinski definition) is 3. The topological polar surface area (TPSA) is 39.4 Å². The van der Waals surface area contributed by atoms with Crippen molar-refractivity contribution in [2.45, 2.75) is 34.3 Å². The zero-order valence-corrected chi connectivity index (χ0v) is 11.8. The molecule has 2 heterocycles. The number of nitrogens with zero attached hydrogens (tertiary/aromatic N) is 3. The van der Waals surface area contributed by atoms with Gasteiger partial charge in [-0.3, -0.25) is 4.68 Å². The van der Waals surface area contributed by atoms with Gasteiger partial charge in [-0.25, -0.2) is 0 Å². The number of oxime groups is 1. The lowest BCUT2D eigenvalue weighted by Crippen LogP contribution is -2.01. The van der Waals surface area contributed by atoms with Crippen molar-refractivity contribution >= 4 is 17.1 Å². The van der Waals surface area contributed by atoms with Crippen LogP contribution in [0.15, 0.2) is 23.5 Å². The molecule has 3 rings (SSSR count). The molecule has 0 fully saturated rings. The maximum absolute atomic E-state index is 5.03. The molecule has 1 aromatic heterocycles. The van der Waals surface area contributed by atoms with Crippen LogP contribution in [0.5, 0.6) is 0 Å². The Balaban J connectivity index is 0.000000371. The monoisotopic (exact) mass is 247 g/mol. The van der Waals surface area contributed by atoms with Crippen molar-refractivity contribution in [1.29, 1.82) is 0 Å². The molecule has 0 spiro atoms. The zero-order valence-electron chi connectivity index (χ0n) is 11.8. The molecular formula is C14H21N3O. The molecular weight excluding hydrogens is 226 g/mol. The SMILES string of the molecule is CC.CC.Cn1cc2ccc3c(c2n1)CON=C3. The van der Waals surface area contributed by atoms with Crippen LogP contribution >= 0.6 is 0 Å². The van der Waals surface area contributed by atoms with Gasteiger partial charge < -0.3 is 4.84 Å². The minimum atomic E-state index is 0.514. The Bertz CT molecular complexity index is 529. The van der Waals surface area contributed by atoms with E-state index in [9.17, 15) is 0 Å². The molecule has 1 aromatic carbocycles. The molecule has 98 valence electrons. The van der Waals surface area contributed by atoms with E-state index in [0.29, 0.717) is 6.61 Å². The summed E-state index contributed by atoms with van der Waals surface area (Å²) < 4.78 is 1.82. The van der Waals surface area contributed by atoms with Crippen LogP contribution in [0.25, 0.3) is 10.9 Å². The van der Waals surface area contributed by atoms with E-state index in [4.69, 9.17) is 4.84 Å². The summed E-state index contributed by atoms with van der Waals surface area (Å²) in [5, 5.41) is 9.32. The maximum atomic E-state index is 5.03. The zero-order chi connectivity index (χ0) is 13.5. The molecule has 0 bridgehead atoms. The minimum absolute atomic E-state index is 0.514. The Kier molecular flexibility index (Phi) is 5.36. The van der Waals surface area contributed by atoms with Crippen LogP contribution in [0.4, 0.5) is 0 Å². The Morgan fingerprint density at radius 3 is 2.61 bits per heavy atom. The summed E-state index contributed by atoms with van der Waals surface area (Å²) in [7, 11) is 1.92. The number of benzene rings is 1. The number of rotatable bonds is 0. The standard InChI is InChI=1S/C10H9N3O.2C2H6/c1-13-5-8-3-2-7-4-11-14-6-9(7)10(8)12-13;2*1-2/h2-5H,6H2,1H3;2*1-2H3. The quantitative estimate of drug-likeness (QED) is 0.715. The molecule has 4 heteroatoms. The molecule has 0 amide bonds. The smallest absolute Gasteiger partial charge is 0.145 e. The van der Waals surface area contributed by atoms with Crippen molar-refractivity contribution < 1.29 is 4.84 Å². The summed E-state index contributed by atoms with van der Waals surface area (Å²) in [5.74, 6) is 0. The molecule has 0 N–H and O–H groups in total. The molecule has 4 nitrogen and oxygen atoms in total. The molecule has 0 saturated heterocycles. The first kappa shape index (κ1) is 14.2. The first-order valence-electron chi connectivity index (χ1n) is 6.45. The second-order valence-electron chi connectivity index (χ2n) is 3.38. The minimum Gasteiger partial charge on any atom is -0.391 e. The number of aryl methyl sites for hydroxylation is 1. The normalized spacial score (nSPS) is 11.6. The second kappa shape index (κ2) is 6.79. The number of fused-ring (bicyclic) bond motifs is 3. The van der Waals surface area contributed by atoms with Crippen LogP contribution in [-0.4, -0.2) is 16.0 Å². The van der Waals surface area contributed by atoms with Crippen molar-refractivity contribution in [3.63, 3.8) is 0 Å². The third kappa shape index (κ3) is 2.70. The Hall–Kier alpha value is -1.84. The molecule has 1 aliphatic rings. The fourth-order valence-corrected chi connectivity index (χ4v) is 1.75. The average molecular weight is 247 g/mol. The van der Waals surface area contributed by atoms with E-state index >= 15 is 0 Å². The lowest BCUT2D eigenvalue weighted by molar-refractivity contribution is 0.129. The highest BCUT2D eigenvalue weighted by atomic mass is 16.6. The van der Waals surface area contributed by atoms with Gasteiger partial charge in [0.2, 0.25) is 0 Å². The van der Waals surface area contributed by atoms with Gasteiger partial charge in [0.1, 0.15) is 6.61 Å². The van der Waals surface area contributed by atoms with Gasteiger partial charge in [0.15, 0.2) is 0 Å². The van der Waals surface area contributed by atoms with Crippen molar-refractivity contribution in [1.82, 2.24) is 9.78 Å². The Morgan fingerprint density at radius 1 is 1.17 bits per heavy atom. The third-order valence-electron chi connectivity index (χ3n) is 2.41. The van der Waals surface area contributed by atoms with Gasteiger partial charge in [-0.1, -0.05) is 45.0 Å². The summed E-state index contributed by atoms with van der Waals surface area (Å²) in [5.41, 5.74) is 3.23. The first-order valence-corrected chi connectivity index (χ1v) is 6.45. The fraction of sp³-hybridized carbons (Fsp3) is 0.429. The predicted octanol–water partition coefficient (Wildman–Crippen LogP) is 3.49. The summed E-state index contributed by atoms with van der Waals surface area (Å²) in [4.78, 5) is 5.03. The van der Waals surface area contributed by atoms with Gasteiger partial charge in [0, 0.05) is 29.8 Å². The third-order valence-corrected chi connectivity index (χ3v) is 2.41.